The first-order valence-corrected chi connectivity index (χ1v) is 10.9. The van der Waals surface area contributed by atoms with E-state index >= 15 is 0 Å². The SMILES string of the molecule is CCCCC1CN(CCOc2ccccc2)C(=O)c2cc(-c3ccc(Cl)cc3)nn21. The maximum Gasteiger partial charge on any atom is 0.272 e. The summed E-state index contributed by atoms with van der Waals surface area (Å²) in [6.07, 6.45) is 3.21. The Morgan fingerprint density at radius 2 is 1.90 bits per heavy atom. The summed E-state index contributed by atoms with van der Waals surface area (Å²) in [7, 11) is 0. The molecular weight excluding hydrogens is 398 g/mol. The molecule has 1 aromatic heterocycles. The van der Waals surface area contributed by atoms with E-state index < -0.39 is 0 Å². The van der Waals surface area contributed by atoms with E-state index in [1.807, 2.05) is 70.2 Å². The number of unbranched alkanes of at least 4 members (excludes halogenated alkanes) is 1. The lowest BCUT2D eigenvalue weighted by atomic mass is 10.1. The molecule has 1 aliphatic heterocycles. The summed E-state index contributed by atoms with van der Waals surface area (Å²) < 4.78 is 7.75. The van der Waals surface area contributed by atoms with Crippen LogP contribution in [0, 0.1) is 0 Å². The average Bonchev–Trinajstić information content (AvgIpc) is 3.22. The Labute approximate surface area is 182 Å². The first kappa shape index (κ1) is 20.5. The normalized spacial score (nSPS) is 15.9. The smallest absolute Gasteiger partial charge is 0.272 e. The molecule has 0 N–H and O–H groups in total. The number of carbonyl (C=O) groups excluding carboxylic acids is 1. The third-order valence-corrected chi connectivity index (χ3v) is 5.68. The van der Waals surface area contributed by atoms with Gasteiger partial charge in [-0.25, -0.2) is 0 Å². The molecule has 0 spiro atoms. The van der Waals surface area contributed by atoms with E-state index in [9.17, 15) is 4.79 Å². The van der Waals surface area contributed by atoms with Crippen LogP contribution in [-0.4, -0.2) is 40.3 Å². The number of fused-ring (bicyclic) bond motifs is 1. The zero-order valence-corrected chi connectivity index (χ0v) is 17.9. The molecule has 0 fully saturated rings. The van der Waals surface area contributed by atoms with Crippen molar-refractivity contribution in [3.63, 3.8) is 0 Å². The monoisotopic (exact) mass is 423 g/mol. The lowest BCUT2D eigenvalue weighted by molar-refractivity contribution is 0.0620. The van der Waals surface area contributed by atoms with Gasteiger partial charge in [-0.3, -0.25) is 9.48 Å². The molecule has 2 heterocycles. The van der Waals surface area contributed by atoms with Crippen LogP contribution in [0.5, 0.6) is 5.75 Å². The van der Waals surface area contributed by atoms with Gasteiger partial charge in [0, 0.05) is 17.1 Å². The number of nitrogens with zero attached hydrogens (tertiary/aromatic N) is 3. The van der Waals surface area contributed by atoms with Crippen molar-refractivity contribution in [2.24, 2.45) is 0 Å². The van der Waals surface area contributed by atoms with E-state index in [-0.39, 0.29) is 11.9 Å². The Balaban J connectivity index is 1.53. The highest BCUT2D eigenvalue weighted by Crippen LogP contribution is 2.29. The summed E-state index contributed by atoms with van der Waals surface area (Å²) >= 11 is 6.02. The summed E-state index contributed by atoms with van der Waals surface area (Å²) in [4.78, 5) is 15.1. The first-order chi connectivity index (χ1) is 14.7. The molecule has 0 radical (unpaired) electrons. The minimum Gasteiger partial charge on any atom is -0.492 e. The van der Waals surface area contributed by atoms with Crippen LogP contribution in [0.25, 0.3) is 11.3 Å². The summed E-state index contributed by atoms with van der Waals surface area (Å²) in [5.41, 5.74) is 2.41. The highest BCUT2D eigenvalue weighted by atomic mass is 35.5. The standard InChI is InChI=1S/C24H26ClN3O2/c1-2-3-7-20-17-27(14-15-30-21-8-5-4-6-9-21)24(29)23-16-22(26-28(20)23)18-10-12-19(25)13-11-18/h4-6,8-13,16,20H,2-3,7,14-15,17H2,1H3. The molecule has 0 saturated heterocycles. The third kappa shape index (κ3) is 4.51. The molecular formula is C24H26ClN3O2. The van der Waals surface area contributed by atoms with E-state index in [0.717, 1.165) is 36.3 Å². The zero-order chi connectivity index (χ0) is 20.9. The molecule has 1 aliphatic rings. The van der Waals surface area contributed by atoms with Crippen molar-refractivity contribution < 1.29 is 9.53 Å². The molecule has 4 rings (SSSR count). The Bertz CT molecular complexity index is 985. The lowest BCUT2D eigenvalue weighted by Gasteiger charge is -2.33. The molecule has 3 aromatic rings. The number of carbonyl (C=O) groups is 1. The maximum atomic E-state index is 13.2. The number of rotatable bonds is 8. The molecule has 30 heavy (non-hydrogen) atoms. The summed E-state index contributed by atoms with van der Waals surface area (Å²) in [6, 6.07) is 19.3. The number of halogens is 1. The van der Waals surface area contributed by atoms with Crippen molar-refractivity contribution >= 4 is 17.5 Å². The molecule has 0 aliphatic carbocycles. The van der Waals surface area contributed by atoms with Gasteiger partial charge in [-0.1, -0.05) is 61.7 Å². The Morgan fingerprint density at radius 1 is 1.13 bits per heavy atom. The van der Waals surface area contributed by atoms with Crippen LogP contribution >= 0.6 is 11.6 Å². The highest BCUT2D eigenvalue weighted by Gasteiger charge is 2.32. The van der Waals surface area contributed by atoms with Gasteiger partial charge in [0.1, 0.15) is 18.1 Å². The average molecular weight is 424 g/mol. The van der Waals surface area contributed by atoms with Gasteiger partial charge in [0.15, 0.2) is 0 Å². The molecule has 5 nitrogen and oxygen atoms in total. The van der Waals surface area contributed by atoms with E-state index in [4.69, 9.17) is 21.4 Å². The van der Waals surface area contributed by atoms with Crippen molar-refractivity contribution in [2.45, 2.75) is 32.2 Å². The number of hydrogen-bond donors (Lipinski definition) is 0. The largest absolute Gasteiger partial charge is 0.492 e. The summed E-state index contributed by atoms with van der Waals surface area (Å²) in [5, 5.41) is 5.48. The molecule has 1 amide bonds. The van der Waals surface area contributed by atoms with Crippen LogP contribution in [0.2, 0.25) is 5.02 Å². The van der Waals surface area contributed by atoms with Crippen molar-refractivity contribution in [1.82, 2.24) is 14.7 Å². The summed E-state index contributed by atoms with van der Waals surface area (Å²) in [6.45, 7) is 3.86. The number of aromatic nitrogens is 2. The van der Waals surface area contributed by atoms with Crippen molar-refractivity contribution in [3.05, 3.63) is 71.4 Å². The highest BCUT2D eigenvalue weighted by molar-refractivity contribution is 6.30. The Hall–Kier alpha value is -2.79. The topological polar surface area (TPSA) is 47.4 Å². The van der Waals surface area contributed by atoms with Crippen molar-refractivity contribution in [1.29, 1.82) is 0 Å². The van der Waals surface area contributed by atoms with Gasteiger partial charge in [-0.15, -0.1) is 0 Å². The van der Waals surface area contributed by atoms with Gasteiger partial charge < -0.3 is 9.64 Å². The van der Waals surface area contributed by atoms with Gasteiger partial charge >= 0.3 is 0 Å². The van der Waals surface area contributed by atoms with Crippen LogP contribution in [0.4, 0.5) is 0 Å². The molecule has 1 atom stereocenters. The molecule has 0 saturated carbocycles. The van der Waals surface area contributed by atoms with Crippen LogP contribution in [0.3, 0.4) is 0 Å². The Kier molecular flexibility index (Phi) is 6.38. The van der Waals surface area contributed by atoms with Gasteiger partial charge in [0.2, 0.25) is 0 Å². The van der Waals surface area contributed by atoms with Gasteiger partial charge in [-0.05, 0) is 36.8 Å². The predicted molar refractivity (Wildman–Crippen MR) is 119 cm³/mol. The second-order valence-corrected chi connectivity index (χ2v) is 8.01. The minimum absolute atomic E-state index is 0.00660. The minimum atomic E-state index is 0.00660. The molecule has 2 aromatic carbocycles. The predicted octanol–water partition coefficient (Wildman–Crippen LogP) is 5.47. The van der Waals surface area contributed by atoms with E-state index in [0.29, 0.717) is 30.4 Å². The zero-order valence-electron chi connectivity index (χ0n) is 17.1. The number of para-hydroxylation sites is 1. The van der Waals surface area contributed by atoms with Crippen LogP contribution in [-0.2, 0) is 0 Å². The van der Waals surface area contributed by atoms with Gasteiger partial charge in [0.25, 0.3) is 5.91 Å². The fraction of sp³-hybridized carbons (Fsp3) is 0.333. The first-order valence-electron chi connectivity index (χ1n) is 10.5. The molecule has 6 heteroatoms. The lowest BCUT2D eigenvalue weighted by Crippen LogP contribution is -2.44. The number of hydrogen-bond acceptors (Lipinski definition) is 3. The summed E-state index contributed by atoms with van der Waals surface area (Å²) in [5.74, 6) is 0.826. The second-order valence-electron chi connectivity index (χ2n) is 7.58. The van der Waals surface area contributed by atoms with E-state index in [1.165, 1.54) is 0 Å². The molecule has 1 unspecified atom stereocenters. The van der Waals surface area contributed by atoms with E-state index in [2.05, 4.69) is 6.92 Å². The quantitative estimate of drug-likeness (QED) is 0.482. The maximum absolute atomic E-state index is 13.2. The number of benzene rings is 2. The third-order valence-electron chi connectivity index (χ3n) is 5.42. The van der Waals surface area contributed by atoms with Crippen molar-refractivity contribution in [2.75, 3.05) is 19.7 Å². The van der Waals surface area contributed by atoms with Crippen LogP contribution < -0.4 is 4.74 Å². The number of amides is 1. The fourth-order valence-electron chi connectivity index (χ4n) is 3.81. The van der Waals surface area contributed by atoms with Crippen LogP contribution in [0.1, 0.15) is 42.7 Å². The second kappa shape index (κ2) is 9.35. The Morgan fingerprint density at radius 3 is 2.63 bits per heavy atom. The van der Waals surface area contributed by atoms with E-state index in [1.54, 1.807) is 0 Å². The molecule has 156 valence electrons. The van der Waals surface area contributed by atoms with Crippen molar-refractivity contribution in [3.8, 4) is 17.0 Å². The van der Waals surface area contributed by atoms with Crippen LogP contribution in [0.15, 0.2) is 60.7 Å². The molecule has 0 bridgehead atoms. The number of ether oxygens (including phenoxy) is 1. The fourth-order valence-corrected chi connectivity index (χ4v) is 3.93. The van der Waals surface area contributed by atoms with Gasteiger partial charge in [0.05, 0.1) is 18.3 Å². The van der Waals surface area contributed by atoms with Gasteiger partial charge in [-0.2, -0.15) is 5.10 Å².